The van der Waals surface area contributed by atoms with Crippen LogP contribution in [0.1, 0.15) is 23.6 Å². The Bertz CT molecular complexity index is 1080. The molecule has 0 saturated heterocycles. The third-order valence-corrected chi connectivity index (χ3v) is 4.96. The monoisotopic (exact) mass is 379 g/mol. The van der Waals surface area contributed by atoms with Gasteiger partial charge in [0.1, 0.15) is 24.2 Å². The number of carbonyl (C=O) groups excluding carboxylic acids is 1. The molecule has 0 saturated carbocycles. The zero-order valence-electron chi connectivity index (χ0n) is 16.0. The molecule has 0 spiro atoms. The van der Waals surface area contributed by atoms with Gasteiger partial charge in [-0.25, -0.2) is 4.79 Å². The van der Waals surface area contributed by atoms with E-state index < -0.39 is 6.09 Å². The fraction of sp³-hybridized carbons (Fsp3) is 0.273. The maximum absolute atomic E-state index is 13.2. The summed E-state index contributed by atoms with van der Waals surface area (Å²) in [7, 11) is 0. The first-order chi connectivity index (χ1) is 13.6. The molecule has 0 bridgehead atoms. The van der Waals surface area contributed by atoms with E-state index in [0.29, 0.717) is 42.2 Å². The molecule has 1 aliphatic heterocycles. The predicted octanol–water partition coefficient (Wildman–Crippen LogP) is 2.62. The highest BCUT2D eigenvalue weighted by Crippen LogP contribution is 2.26. The first-order valence-electron chi connectivity index (χ1n) is 9.45. The highest BCUT2D eigenvalue weighted by molar-refractivity contribution is 5.89. The maximum atomic E-state index is 13.2. The van der Waals surface area contributed by atoms with Gasteiger partial charge in [-0.15, -0.1) is 0 Å². The Labute approximate surface area is 162 Å². The molecule has 6 heteroatoms. The second-order valence-electron chi connectivity index (χ2n) is 7.09. The number of anilines is 1. The number of quaternary nitrogens is 1. The summed E-state index contributed by atoms with van der Waals surface area (Å²) in [6, 6.07) is 15.5. The number of amides is 1. The summed E-state index contributed by atoms with van der Waals surface area (Å²) >= 11 is 0. The minimum atomic E-state index is -0.497. The largest absolute Gasteiger partial charge is 0.449 e. The molecule has 1 atom stereocenters. The lowest BCUT2D eigenvalue weighted by molar-refractivity contribution is -0.928. The SMILES string of the molecule is CCOC(=O)N1C[NH+](Cc2ccccc2)Cc2c1oc1ccc(C)cc1c2=O. The van der Waals surface area contributed by atoms with E-state index in [1.54, 1.807) is 13.0 Å². The molecule has 1 aromatic heterocycles. The van der Waals surface area contributed by atoms with Crippen molar-refractivity contribution in [2.75, 3.05) is 18.2 Å². The molecule has 0 aliphatic carbocycles. The second kappa shape index (κ2) is 7.48. The molecule has 1 amide bonds. The van der Waals surface area contributed by atoms with E-state index in [9.17, 15) is 9.59 Å². The zero-order valence-corrected chi connectivity index (χ0v) is 16.0. The fourth-order valence-corrected chi connectivity index (χ4v) is 3.66. The molecule has 4 rings (SSSR count). The van der Waals surface area contributed by atoms with E-state index in [1.165, 1.54) is 4.90 Å². The van der Waals surface area contributed by atoms with Crippen LogP contribution in [0.2, 0.25) is 0 Å². The molecule has 0 radical (unpaired) electrons. The van der Waals surface area contributed by atoms with Gasteiger partial charge in [-0.3, -0.25) is 4.79 Å². The second-order valence-corrected chi connectivity index (χ2v) is 7.09. The molecule has 2 aromatic carbocycles. The summed E-state index contributed by atoms with van der Waals surface area (Å²) in [5, 5.41) is 0.545. The smallest absolute Gasteiger partial charge is 0.421 e. The van der Waals surface area contributed by atoms with Gasteiger partial charge in [-0.05, 0) is 26.0 Å². The number of ether oxygens (including phenoxy) is 1. The number of fused-ring (bicyclic) bond motifs is 2. The summed E-state index contributed by atoms with van der Waals surface area (Å²) in [6.45, 7) is 5.53. The first-order valence-corrected chi connectivity index (χ1v) is 9.45. The van der Waals surface area contributed by atoms with Crippen LogP contribution < -0.4 is 15.2 Å². The number of nitrogens with one attached hydrogen (secondary N) is 1. The number of nitrogens with zero attached hydrogens (tertiary/aromatic N) is 1. The average molecular weight is 379 g/mol. The Morgan fingerprint density at radius 2 is 2.00 bits per heavy atom. The standard InChI is InChI=1S/C22H22N2O4/c1-3-27-22(26)24-14-23(12-16-7-5-4-6-8-16)13-18-20(25)17-11-15(2)9-10-19(17)28-21(18)24/h4-11H,3,12-14H2,1-2H3/p+1. The Kier molecular flexibility index (Phi) is 4.88. The van der Waals surface area contributed by atoms with Crippen molar-refractivity contribution in [1.29, 1.82) is 0 Å². The normalized spacial score (nSPS) is 16.1. The predicted molar refractivity (Wildman–Crippen MR) is 106 cm³/mol. The lowest BCUT2D eigenvalue weighted by atomic mass is 10.1. The summed E-state index contributed by atoms with van der Waals surface area (Å²) in [6.07, 6.45) is -0.497. The summed E-state index contributed by atoms with van der Waals surface area (Å²) < 4.78 is 11.2. The van der Waals surface area contributed by atoms with Crippen LogP contribution in [0.25, 0.3) is 11.0 Å². The van der Waals surface area contributed by atoms with Gasteiger partial charge in [0, 0.05) is 5.56 Å². The molecule has 1 aliphatic rings. The summed E-state index contributed by atoms with van der Waals surface area (Å²) in [5.41, 5.74) is 3.05. The molecule has 28 heavy (non-hydrogen) atoms. The van der Waals surface area contributed by atoms with Crippen LogP contribution in [0.5, 0.6) is 0 Å². The number of hydrogen-bond donors (Lipinski definition) is 1. The van der Waals surface area contributed by atoms with Crippen molar-refractivity contribution in [3.63, 3.8) is 0 Å². The summed E-state index contributed by atoms with van der Waals surface area (Å²) in [4.78, 5) is 28.3. The minimum Gasteiger partial charge on any atom is -0.449 e. The minimum absolute atomic E-state index is 0.0838. The van der Waals surface area contributed by atoms with Gasteiger partial charge in [0.2, 0.25) is 11.3 Å². The number of aryl methyl sites for hydroxylation is 1. The van der Waals surface area contributed by atoms with Gasteiger partial charge in [0.25, 0.3) is 0 Å². The zero-order chi connectivity index (χ0) is 19.7. The van der Waals surface area contributed by atoms with Gasteiger partial charge in [0.05, 0.1) is 12.0 Å². The van der Waals surface area contributed by atoms with Crippen molar-refractivity contribution in [3.05, 3.63) is 75.4 Å². The topological polar surface area (TPSA) is 64.2 Å². The average Bonchev–Trinajstić information content (AvgIpc) is 2.70. The molecular formula is C22H23N2O4+. The van der Waals surface area contributed by atoms with E-state index in [1.807, 2.05) is 49.4 Å². The molecule has 1 unspecified atom stereocenters. The van der Waals surface area contributed by atoms with Crippen molar-refractivity contribution < 1.29 is 18.8 Å². The van der Waals surface area contributed by atoms with Crippen molar-refractivity contribution in [2.24, 2.45) is 0 Å². The van der Waals surface area contributed by atoms with Gasteiger partial charge < -0.3 is 14.1 Å². The van der Waals surface area contributed by atoms with E-state index >= 15 is 0 Å². The van der Waals surface area contributed by atoms with Gasteiger partial charge in [-0.1, -0.05) is 42.0 Å². The van der Waals surface area contributed by atoms with Gasteiger partial charge in [-0.2, -0.15) is 4.90 Å². The molecule has 6 nitrogen and oxygen atoms in total. The molecule has 144 valence electrons. The van der Waals surface area contributed by atoms with Gasteiger partial charge in [0.15, 0.2) is 6.67 Å². The number of benzene rings is 2. The third kappa shape index (κ3) is 3.39. The van der Waals surface area contributed by atoms with E-state index in [4.69, 9.17) is 9.15 Å². The van der Waals surface area contributed by atoms with Crippen molar-refractivity contribution in [3.8, 4) is 0 Å². The highest BCUT2D eigenvalue weighted by Gasteiger charge is 2.35. The van der Waals surface area contributed by atoms with Crippen molar-refractivity contribution in [1.82, 2.24) is 0 Å². The number of rotatable bonds is 3. The Balaban J connectivity index is 1.80. The van der Waals surface area contributed by atoms with Crippen LogP contribution in [0, 0.1) is 6.92 Å². The number of carbonyl (C=O) groups is 1. The van der Waals surface area contributed by atoms with Crippen LogP contribution in [-0.2, 0) is 17.8 Å². The van der Waals surface area contributed by atoms with Crippen molar-refractivity contribution >= 4 is 22.9 Å². The number of hydrogen-bond acceptors (Lipinski definition) is 4. The Morgan fingerprint density at radius 1 is 1.21 bits per heavy atom. The van der Waals surface area contributed by atoms with Crippen LogP contribution in [0.15, 0.2) is 57.7 Å². The quantitative estimate of drug-likeness (QED) is 0.760. The van der Waals surface area contributed by atoms with Crippen LogP contribution in [0.3, 0.4) is 0 Å². The molecule has 3 aromatic rings. The molecule has 2 heterocycles. The Morgan fingerprint density at radius 3 is 2.75 bits per heavy atom. The van der Waals surface area contributed by atoms with Crippen LogP contribution in [-0.4, -0.2) is 19.4 Å². The summed E-state index contributed by atoms with van der Waals surface area (Å²) in [5.74, 6) is 0.302. The molecule has 0 fully saturated rings. The lowest BCUT2D eigenvalue weighted by Gasteiger charge is -2.32. The first kappa shape index (κ1) is 18.3. The molecule has 1 N–H and O–H groups in total. The van der Waals surface area contributed by atoms with Crippen LogP contribution in [0.4, 0.5) is 10.7 Å². The molecular weight excluding hydrogens is 356 g/mol. The fourth-order valence-electron chi connectivity index (χ4n) is 3.66. The van der Waals surface area contributed by atoms with E-state index in [2.05, 4.69) is 0 Å². The van der Waals surface area contributed by atoms with E-state index in [-0.39, 0.29) is 12.0 Å². The third-order valence-electron chi connectivity index (χ3n) is 4.96. The highest BCUT2D eigenvalue weighted by atomic mass is 16.6. The van der Waals surface area contributed by atoms with E-state index in [0.717, 1.165) is 16.0 Å². The van der Waals surface area contributed by atoms with Gasteiger partial charge >= 0.3 is 6.09 Å². The maximum Gasteiger partial charge on any atom is 0.421 e. The Hall–Kier alpha value is -3.12. The lowest BCUT2D eigenvalue weighted by Crippen LogP contribution is -3.12. The van der Waals surface area contributed by atoms with Crippen molar-refractivity contribution in [2.45, 2.75) is 26.9 Å². The van der Waals surface area contributed by atoms with Crippen LogP contribution >= 0.6 is 0 Å².